The van der Waals surface area contributed by atoms with E-state index >= 15 is 0 Å². The van der Waals surface area contributed by atoms with Crippen LogP contribution in [0, 0.1) is 0 Å². The van der Waals surface area contributed by atoms with Crippen molar-refractivity contribution in [2.24, 2.45) is 5.84 Å². The molecule has 0 aromatic carbocycles. The summed E-state index contributed by atoms with van der Waals surface area (Å²) in [5.74, 6) is 5.51. The molecular formula is C8H10N6O2S. The van der Waals surface area contributed by atoms with Gasteiger partial charge >= 0.3 is 0 Å². The Bertz CT molecular complexity index is 577. The molecule has 0 aliphatic carbocycles. The Hall–Kier alpha value is -2.13. The zero-order chi connectivity index (χ0) is 12.3. The number of nitrogens with one attached hydrogen (secondary N) is 3. The van der Waals surface area contributed by atoms with E-state index in [0.29, 0.717) is 11.5 Å². The molecule has 5 N–H and O–H groups in total. The van der Waals surface area contributed by atoms with Gasteiger partial charge in [-0.2, -0.15) is 5.10 Å². The van der Waals surface area contributed by atoms with Gasteiger partial charge in [0, 0.05) is 12.4 Å². The minimum absolute atomic E-state index is 0.0395. The molecule has 0 radical (unpaired) electrons. The minimum atomic E-state index is -3.65. The highest BCUT2D eigenvalue weighted by Crippen LogP contribution is 2.14. The number of aromatic nitrogens is 3. The lowest BCUT2D eigenvalue weighted by atomic mass is 10.5. The third-order valence-electron chi connectivity index (χ3n) is 1.94. The first-order chi connectivity index (χ1) is 8.12. The van der Waals surface area contributed by atoms with Crippen LogP contribution in [-0.4, -0.2) is 23.6 Å². The summed E-state index contributed by atoms with van der Waals surface area (Å²) >= 11 is 0. The summed E-state index contributed by atoms with van der Waals surface area (Å²) in [5.41, 5.74) is 2.66. The first-order valence-electron chi connectivity index (χ1n) is 4.56. The Balaban J connectivity index is 2.25. The van der Waals surface area contributed by atoms with Crippen LogP contribution < -0.4 is 16.0 Å². The quantitative estimate of drug-likeness (QED) is 0.445. The number of sulfonamides is 1. The number of nitrogens with two attached hydrogens (primary N) is 1. The van der Waals surface area contributed by atoms with Crippen molar-refractivity contribution < 1.29 is 8.42 Å². The van der Waals surface area contributed by atoms with Crippen molar-refractivity contribution in [2.45, 2.75) is 4.90 Å². The molecule has 0 saturated carbocycles. The summed E-state index contributed by atoms with van der Waals surface area (Å²) in [5, 5.41) is 6.14. The standard InChI is InChI=1S/C8H10N6O2S/c9-13-8-2-1-7(5-10-8)17(15,16)14-6-3-11-12-4-6/h1-5,14H,9H2,(H,10,13)(H,11,12). The molecule has 0 fully saturated rings. The van der Waals surface area contributed by atoms with Gasteiger partial charge in [-0.25, -0.2) is 19.2 Å². The van der Waals surface area contributed by atoms with E-state index in [-0.39, 0.29) is 4.90 Å². The van der Waals surface area contributed by atoms with E-state index in [1.54, 1.807) is 0 Å². The van der Waals surface area contributed by atoms with Gasteiger partial charge < -0.3 is 5.43 Å². The maximum Gasteiger partial charge on any atom is 0.263 e. The van der Waals surface area contributed by atoms with E-state index in [4.69, 9.17) is 5.84 Å². The number of nitrogens with zero attached hydrogens (tertiary/aromatic N) is 2. The molecule has 0 aliphatic rings. The molecule has 0 aliphatic heterocycles. The van der Waals surface area contributed by atoms with Gasteiger partial charge in [0.1, 0.15) is 10.7 Å². The van der Waals surface area contributed by atoms with Gasteiger partial charge in [0.25, 0.3) is 10.0 Å². The summed E-state index contributed by atoms with van der Waals surface area (Å²) in [7, 11) is -3.65. The van der Waals surface area contributed by atoms with Gasteiger partial charge in [0.2, 0.25) is 0 Å². The third-order valence-corrected chi connectivity index (χ3v) is 3.31. The van der Waals surface area contributed by atoms with Gasteiger partial charge in [-0.05, 0) is 12.1 Å². The molecule has 0 unspecified atom stereocenters. The monoisotopic (exact) mass is 254 g/mol. The Labute approximate surface area is 97.3 Å². The Morgan fingerprint density at radius 2 is 2.12 bits per heavy atom. The topological polar surface area (TPSA) is 126 Å². The Morgan fingerprint density at radius 1 is 1.29 bits per heavy atom. The number of hydrazine groups is 1. The van der Waals surface area contributed by atoms with Gasteiger partial charge in [-0.3, -0.25) is 9.82 Å². The first kappa shape index (κ1) is 11.4. The van der Waals surface area contributed by atoms with Crippen LogP contribution in [0.2, 0.25) is 0 Å². The summed E-state index contributed by atoms with van der Waals surface area (Å²) in [6.07, 6.45) is 4.00. The van der Waals surface area contributed by atoms with Crippen molar-refractivity contribution >= 4 is 21.5 Å². The van der Waals surface area contributed by atoms with E-state index in [1.165, 1.54) is 30.7 Å². The van der Waals surface area contributed by atoms with Crippen LogP contribution in [0.4, 0.5) is 11.5 Å². The average Bonchev–Trinajstić information content (AvgIpc) is 2.81. The molecular weight excluding hydrogens is 244 g/mol. The smallest absolute Gasteiger partial charge is 0.263 e. The van der Waals surface area contributed by atoms with Gasteiger partial charge in [0.05, 0.1) is 11.9 Å². The van der Waals surface area contributed by atoms with Gasteiger partial charge in [-0.1, -0.05) is 0 Å². The van der Waals surface area contributed by atoms with E-state index in [0.717, 1.165) is 0 Å². The maximum absolute atomic E-state index is 11.9. The second-order valence-electron chi connectivity index (χ2n) is 3.12. The average molecular weight is 254 g/mol. The zero-order valence-corrected chi connectivity index (χ0v) is 9.40. The fourth-order valence-corrected chi connectivity index (χ4v) is 2.12. The lowest BCUT2D eigenvalue weighted by Crippen LogP contribution is -2.14. The molecule has 2 heterocycles. The molecule has 8 nitrogen and oxygen atoms in total. The fraction of sp³-hybridized carbons (Fsp3) is 0. The number of hydrogen-bond acceptors (Lipinski definition) is 6. The number of anilines is 2. The number of hydrogen-bond donors (Lipinski definition) is 4. The molecule has 0 bridgehead atoms. The molecule has 2 aromatic heterocycles. The first-order valence-corrected chi connectivity index (χ1v) is 6.04. The van der Waals surface area contributed by atoms with Crippen LogP contribution in [0.25, 0.3) is 0 Å². The molecule has 0 saturated heterocycles. The normalized spacial score (nSPS) is 11.1. The van der Waals surface area contributed by atoms with Gasteiger partial charge in [0.15, 0.2) is 0 Å². The van der Waals surface area contributed by atoms with Crippen LogP contribution in [0.15, 0.2) is 35.6 Å². The van der Waals surface area contributed by atoms with Gasteiger partial charge in [-0.15, -0.1) is 0 Å². The van der Waals surface area contributed by atoms with E-state index < -0.39 is 10.0 Å². The molecule has 2 aromatic rings. The molecule has 0 atom stereocenters. The maximum atomic E-state index is 11.9. The highest BCUT2D eigenvalue weighted by Gasteiger charge is 2.14. The van der Waals surface area contributed by atoms with Crippen LogP contribution in [0.5, 0.6) is 0 Å². The molecule has 17 heavy (non-hydrogen) atoms. The summed E-state index contributed by atoms with van der Waals surface area (Å²) in [4.78, 5) is 3.85. The van der Waals surface area contributed by atoms with Crippen LogP contribution in [0.1, 0.15) is 0 Å². The molecule has 9 heteroatoms. The predicted octanol–water partition coefficient (Wildman–Crippen LogP) is -0.109. The number of aromatic amines is 1. The second-order valence-corrected chi connectivity index (χ2v) is 4.80. The van der Waals surface area contributed by atoms with Crippen LogP contribution in [0.3, 0.4) is 0 Å². The Kier molecular flexibility index (Phi) is 2.93. The highest BCUT2D eigenvalue weighted by atomic mass is 32.2. The van der Waals surface area contributed by atoms with Crippen molar-refractivity contribution in [3.8, 4) is 0 Å². The number of rotatable bonds is 4. The lowest BCUT2D eigenvalue weighted by Gasteiger charge is -2.05. The third kappa shape index (κ3) is 2.52. The highest BCUT2D eigenvalue weighted by molar-refractivity contribution is 7.92. The number of H-pyrrole nitrogens is 1. The lowest BCUT2D eigenvalue weighted by molar-refractivity contribution is 0.601. The fourth-order valence-electron chi connectivity index (χ4n) is 1.15. The second kappa shape index (κ2) is 4.39. The van der Waals surface area contributed by atoms with Crippen molar-refractivity contribution in [1.29, 1.82) is 0 Å². The van der Waals surface area contributed by atoms with Crippen molar-refractivity contribution in [1.82, 2.24) is 15.2 Å². The van der Waals surface area contributed by atoms with Crippen molar-refractivity contribution in [3.63, 3.8) is 0 Å². The van der Waals surface area contributed by atoms with Crippen molar-refractivity contribution in [3.05, 3.63) is 30.7 Å². The molecule has 2 rings (SSSR count). The van der Waals surface area contributed by atoms with E-state index in [9.17, 15) is 8.42 Å². The molecule has 90 valence electrons. The zero-order valence-electron chi connectivity index (χ0n) is 8.58. The van der Waals surface area contributed by atoms with Crippen LogP contribution >= 0.6 is 0 Å². The van der Waals surface area contributed by atoms with E-state index in [2.05, 4.69) is 25.3 Å². The molecule has 0 amide bonds. The summed E-state index contributed by atoms with van der Waals surface area (Å²) < 4.78 is 26.0. The van der Waals surface area contributed by atoms with Crippen LogP contribution in [-0.2, 0) is 10.0 Å². The number of nitrogen functional groups attached to an aromatic ring is 1. The Morgan fingerprint density at radius 3 is 2.65 bits per heavy atom. The summed E-state index contributed by atoms with van der Waals surface area (Å²) in [6.45, 7) is 0. The minimum Gasteiger partial charge on any atom is -0.308 e. The largest absolute Gasteiger partial charge is 0.308 e. The number of pyridine rings is 1. The van der Waals surface area contributed by atoms with E-state index in [1.807, 2.05) is 0 Å². The van der Waals surface area contributed by atoms with Crippen molar-refractivity contribution in [2.75, 3.05) is 10.1 Å². The molecule has 0 spiro atoms. The summed E-state index contributed by atoms with van der Waals surface area (Å²) in [6, 6.07) is 2.86. The SMILES string of the molecule is NNc1ccc(S(=O)(=O)Nc2cn[nH]c2)cn1. The predicted molar refractivity (Wildman–Crippen MR) is 61.4 cm³/mol.